The Labute approximate surface area is 174 Å². The van der Waals surface area contributed by atoms with E-state index in [1.54, 1.807) is 17.0 Å². The van der Waals surface area contributed by atoms with Crippen LogP contribution in [0, 0.1) is 11.8 Å². The molecule has 0 heterocycles. The van der Waals surface area contributed by atoms with Crippen molar-refractivity contribution in [2.24, 2.45) is 17.0 Å². The van der Waals surface area contributed by atoms with Crippen molar-refractivity contribution in [3.8, 4) is 0 Å². The summed E-state index contributed by atoms with van der Waals surface area (Å²) >= 11 is 0. The Bertz CT molecular complexity index is 750. The lowest BCUT2D eigenvalue weighted by Gasteiger charge is -2.28. The third-order valence-corrected chi connectivity index (χ3v) is 5.28. The van der Waals surface area contributed by atoms with Gasteiger partial charge in [-0.1, -0.05) is 39.8 Å². The molecule has 0 aromatic heterocycles. The number of amides is 2. The molecule has 0 saturated heterocycles. The van der Waals surface area contributed by atoms with Crippen LogP contribution in [0.1, 0.15) is 46.2 Å². The topological polar surface area (TPSA) is 122 Å². The van der Waals surface area contributed by atoms with Gasteiger partial charge in [-0.3, -0.25) is 14.5 Å². The van der Waals surface area contributed by atoms with Crippen molar-refractivity contribution < 1.29 is 18.0 Å². The number of nitrogens with two attached hydrogens (primary N) is 1. The van der Waals surface area contributed by atoms with Gasteiger partial charge in [0.15, 0.2) is 0 Å². The zero-order chi connectivity index (χ0) is 22.2. The number of nitrogens with one attached hydrogen (secondary N) is 2. The lowest BCUT2D eigenvalue weighted by molar-refractivity contribution is -0.126. The van der Waals surface area contributed by atoms with Crippen molar-refractivity contribution in [3.05, 3.63) is 29.8 Å². The van der Waals surface area contributed by atoms with Gasteiger partial charge in [0.2, 0.25) is 21.8 Å². The molecule has 0 saturated carbocycles. The van der Waals surface area contributed by atoms with Gasteiger partial charge in [-0.15, -0.1) is 0 Å². The maximum atomic E-state index is 12.3. The van der Waals surface area contributed by atoms with Crippen molar-refractivity contribution in [1.82, 2.24) is 15.5 Å². The Morgan fingerprint density at radius 1 is 0.897 bits per heavy atom. The Balaban J connectivity index is 2.95. The van der Waals surface area contributed by atoms with Gasteiger partial charge >= 0.3 is 0 Å². The molecule has 29 heavy (non-hydrogen) atoms. The molecule has 0 bridgehead atoms. The van der Waals surface area contributed by atoms with Gasteiger partial charge in [0.05, 0.1) is 18.0 Å². The number of hydrogen-bond donors (Lipinski definition) is 3. The normalized spacial score (nSPS) is 13.0. The molecule has 1 aromatic carbocycles. The second kappa shape index (κ2) is 11.3. The highest BCUT2D eigenvalue weighted by Gasteiger charge is 2.22. The molecule has 4 N–H and O–H groups in total. The minimum atomic E-state index is -3.78. The quantitative estimate of drug-likeness (QED) is 0.491. The molecule has 0 aliphatic heterocycles. The van der Waals surface area contributed by atoms with Crippen LogP contribution in [0.5, 0.6) is 0 Å². The Hall–Kier alpha value is -1.97. The third-order valence-electron chi connectivity index (χ3n) is 4.35. The van der Waals surface area contributed by atoms with E-state index in [1.807, 2.05) is 34.6 Å². The fraction of sp³-hybridized carbons (Fsp3) is 0.600. The average molecular weight is 427 g/mol. The van der Waals surface area contributed by atoms with Crippen molar-refractivity contribution in [3.63, 3.8) is 0 Å². The van der Waals surface area contributed by atoms with Crippen LogP contribution in [-0.2, 0) is 19.6 Å². The molecule has 1 rings (SSSR count). The van der Waals surface area contributed by atoms with Crippen LogP contribution in [0.4, 0.5) is 0 Å². The predicted molar refractivity (Wildman–Crippen MR) is 113 cm³/mol. The van der Waals surface area contributed by atoms with Crippen molar-refractivity contribution in [2.45, 2.75) is 45.6 Å². The zero-order valence-corrected chi connectivity index (χ0v) is 18.8. The maximum Gasteiger partial charge on any atom is 0.238 e. The van der Waals surface area contributed by atoms with E-state index >= 15 is 0 Å². The standard InChI is InChI=1S/C20H34N4O4S/c1-14(2)10-22-19(25)12-24(13-20(26)23-11-15(3)4)16(5)17-6-8-18(9-7-17)29(21,27)28/h6-9,14-16H,10-13H2,1-5H3,(H,22,25)(H,23,26)(H2,21,27,28)/t16-/m0/s1. The molecular formula is C20H34N4O4S. The third kappa shape index (κ3) is 9.38. The summed E-state index contributed by atoms with van der Waals surface area (Å²) in [4.78, 5) is 26.5. The largest absolute Gasteiger partial charge is 0.355 e. The van der Waals surface area contributed by atoms with Gasteiger partial charge in [0, 0.05) is 19.1 Å². The number of sulfonamides is 1. The van der Waals surface area contributed by atoms with Crippen LogP contribution < -0.4 is 15.8 Å². The summed E-state index contributed by atoms with van der Waals surface area (Å²) < 4.78 is 22.9. The molecule has 2 amide bonds. The Morgan fingerprint density at radius 2 is 1.31 bits per heavy atom. The molecular weight excluding hydrogens is 392 g/mol. The monoisotopic (exact) mass is 426 g/mol. The summed E-state index contributed by atoms with van der Waals surface area (Å²) in [6.45, 7) is 11.1. The number of rotatable bonds is 11. The molecule has 0 spiro atoms. The number of primary sulfonamides is 1. The molecule has 9 heteroatoms. The SMILES string of the molecule is CC(C)CNC(=O)CN(CC(=O)NCC(C)C)[C@@H](C)c1ccc(S(N)(=O)=O)cc1. The molecule has 8 nitrogen and oxygen atoms in total. The molecule has 0 aliphatic rings. The average Bonchev–Trinajstić information content (AvgIpc) is 2.63. The molecule has 0 aliphatic carbocycles. The van der Waals surface area contributed by atoms with Gasteiger partial charge in [0.25, 0.3) is 0 Å². The highest BCUT2D eigenvalue weighted by Crippen LogP contribution is 2.21. The summed E-state index contributed by atoms with van der Waals surface area (Å²) in [6, 6.07) is 5.87. The van der Waals surface area contributed by atoms with Gasteiger partial charge < -0.3 is 10.6 Å². The van der Waals surface area contributed by atoms with Crippen LogP contribution in [0.25, 0.3) is 0 Å². The van der Waals surface area contributed by atoms with E-state index < -0.39 is 10.0 Å². The van der Waals surface area contributed by atoms with E-state index in [9.17, 15) is 18.0 Å². The molecule has 0 unspecified atom stereocenters. The van der Waals surface area contributed by atoms with Crippen LogP contribution in [0.3, 0.4) is 0 Å². The van der Waals surface area contributed by atoms with E-state index in [-0.39, 0.29) is 35.8 Å². The number of benzene rings is 1. The lowest BCUT2D eigenvalue weighted by Crippen LogP contribution is -2.45. The second-order valence-corrected chi connectivity index (χ2v) is 9.65. The van der Waals surface area contributed by atoms with E-state index in [2.05, 4.69) is 10.6 Å². The minimum absolute atomic E-state index is 0.0179. The fourth-order valence-electron chi connectivity index (χ4n) is 2.59. The highest BCUT2D eigenvalue weighted by atomic mass is 32.2. The first-order valence-electron chi connectivity index (χ1n) is 9.80. The Morgan fingerprint density at radius 3 is 1.66 bits per heavy atom. The zero-order valence-electron chi connectivity index (χ0n) is 17.9. The van der Waals surface area contributed by atoms with Crippen LogP contribution in [-0.4, -0.2) is 51.3 Å². The molecule has 164 valence electrons. The van der Waals surface area contributed by atoms with Crippen molar-refractivity contribution in [1.29, 1.82) is 0 Å². The minimum Gasteiger partial charge on any atom is -0.355 e. The van der Waals surface area contributed by atoms with E-state index in [0.29, 0.717) is 24.9 Å². The van der Waals surface area contributed by atoms with E-state index in [4.69, 9.17) is 5.14 Å². The van der Waals surface area contributed by atoms with E-state index in [0.717, 1.165) is 5.56 Å². The maximum absolute atomic E-state index is 12.3. The lowest BCUT2D eigenvalue weighted by atomic mass is 10.1. The first kappa shape index (κ1) is 25.1. The van der Waals surface area contributed by atoms with Gasteiger partial charge in [-0.2, -0.15) is 0 Å². The number of carbonyl (C=O) groups excluding carboxylic acids is 2. The number of hydrogen-bond acceptors (Lipinski definition) is 5. The summed E-state index contributed by atoms with van der Waals surface area (Å²) in [6.07, 6.45) is 0. The summed E-state index contributed by atoms with van der Waals surface area (Å²) in [7, 11) is -3.78. The number of nitrogens with zero attached hydrogens (tertiary/aromatic N) is 1. The van der Waals surface area contributed by atoms with Crippen LogP contribution >= 0.6 is 0 Å². The highest BCUT2D eigenvalue weighted by molar-refractivity contribution is 7.89. The second-order valence-electron chi connectivity index (χ2n) is 8.09. The van der Waals surface area contributed by atoms with E-state index in [1.165, 1.54) is 12.1 Å². The summed E-state index contributed by atoms with van der Waals surface area (Å²) in [5, 5.41) is 10.9. The van der Waals surface area contributed by atoms with Gasteiger partial charge in [-0.05, 0) is 36.5 Å². The summed E-state index contributed by atoms with van der Waals surface area (Å²) in [5.41, 5.74) is 0.783. The summed E-state index contributed by atoms with van der Waals surface area (Å²) in [5.74, 6) is 0.321. The molecule has 0 fully saturated rings. The molecule has 1 aromatic rings. The van der Waals surface area contributed by atoms with Crippen molar-refractivity contribution in [2.75, 3.05) is 26.2 Å². The van der Waals surface area contributed by atoms with Crippen LogP contribution in [0.2, 0.25) is 0 Å². The fourth-order valence-corrected chi connectivity index (χ4v) is 3.11. The van der Waals surface area contributed by atoms with Gasteiger partial charge in [-0.25, -0.2) is 13.6 Å². The molecule has 1 atom stereocenters. The van der Waals surface area contributed by atoms with Crippen molar-refractivity contribution >= 4 is 21.8 Å². The van der Waals surface area contributed by atoms with Crippen LogP contribution in [0.15, 0.2) is 29.2 Å². The molecule has 0 radical (unpaired) electrons. The Kier molecular flexibility index (Phi) is 9.75. The first-order chi connectivity index (χ1) is 13.4. The smallest absolute Gasteiger partial charge is 0.238 e. The predicted octanol–water partition coefficient (Wildman–Crippen LogP) is 1.24. The van der Waals surface area contributed by atoms with Gasteiger partial charge in [0.1, 0.15) is 0 Å². The number of carbonyl (C=O) groups is 2. The first-order valence-corrected chi connectivity index (χ1v) is 11.3.